The van der Waals surface area contributed by atoms with Crippen molar-refractivity contribution in [3.63, 3.8) is 0 Å². The second-order valence-electron chi connectivity index (χ2n) is 2.48. The van der Waals surface area contributed by atoms with E-state index in [1.54, 1.807) is 25.3 Å². The molecular formula is C9H11BrClNO2. The summed E-state index contributed by atoms with van der Waals surface area (Å²) in [6.45, 7) is 0.0186. The van der Waals surface area contributed by atoms with E-state index in [1.807, 2.05) is 0 Å². The molecule has 0 bridgehead atoms. The van der Waals surface area contributed by atoms with Crippen LogP contribution < -0.4 is 10.5 Å². The molecule has 0 unspecified atom stereocenters. The fraction of sp³-hybridized carbons (Fsp3) is 0.222. The van der Waals surface area contributed by atoms with Crippen LogP contribution in [-0.4, -0.2) is 19.4 Å². The van der Waals surface area contributed by atoms with Gasteiger partial charge in [-0.05, 0) is 34.1 Å². The topological polar surface area (TPSA) is 52.3 Å². The molecule has 0 aromatic heterocycles. The molecule has 0 spiro atoms. The first-order valence-corrected chi connectivity index (χ1v) is 4.55. The Hall–Kier alpha value is -0.580. The van der Waals surface area contributed by atoms with Crippen LogP contribution in [0.2, 0.25) is 0 Å². The van der Waals surface area contributed by atoms with Crippen molar-refractivity contribution >= 4 is 34.1 Å². The fourth-order valence-electron chi connectivity index (χ4n) is 0.951. The average Bonchev–Trinajstić information content (AvgIpc) is 2.17. The summed E-state index contributed by atoms with van der Waals surface area (Å²) in [5.74, 6) is 0.546. The van der Waals surface area contributed by atoms with Crippen molar-refractivity contribution in [3.05, 3.63) is 28.2 Å². The summed E-state index contributed by atoms with van der Waals surface area (Å²) >= 11 is 3.29. The lowest BCUT2D eigenvalue weighted by molar-refractivity contribution is 0.100. The van der Waals surface area contributed by atoms with Crippen LogP contribution in [0.4, 0.5) is 0 Å². The highest BCUT2D eigenvalue weighted by molar-refractivity contribution is 9.10. The number of ether oxygens (including phenoxy) is 1. The first kappa shape index (κ1) is 13.4. The SMILES string of the molecule is COc1cc(C(=O)CN)ccc1Br.Cl. The van der Waals surface area contributed by atoms with Gasteiger partial charge in [0.25, 0.3) is 0 Å². The number of rotatable bonds is 3. The summed E-state index contributed by atoms with van der Waals surface area (Å²) in [5.41, 5.74) is 5.80. The van der Waals surface area contributed by atoms with Gasteiger partial charge in [0, 0.05) is 5.56 Å². The van der Waals surface area contributed by atoms with Crippen molar-refractivity contribution in [2.75, 3.05) is 13.7 Å². The van der Waals surface area contributed by atoms with Crippen LogP contribution in [0.1, 0.15) is 10.4 Å². The van der Waals surface area contributed by atoms with Gasteiger partial charge >= 0.3 is 0 Å². The molecule has 0 radical (unpaired) electrons. The third-order valence-electron chi connectivity index (χ3n) is 1.66. The summed E-state index contributed by atoms with van der Waals surface area (Å²) in [6, 6.07) is 5.14. The summed E-state index contributed by atoms with van der Waals surface area (Å²) in [4.78, 5) is 11.2. The van der Waals surface area contributed by atoms with E-state index < -0.39 is 0 Å². The number of methoxy groups -OCH3 is 1. The molecule has 0 heterocycles. The molecule has 1 aromatic rings. The highest BCUT2D eigenvalue weighted by Gasteiger charge is 2.06. The van der Waals surface area contributed by atoms with Crippen LogP contribution in [-0.2, 0) is 0 Å². The molecule has 0 aliphatic heterocycles. The quantitative estimate of drug-likeness (QED) is 0.862. The second-order valence-corrected chi connectivity index (χ2v) is 3.33. The summed E-state index contributed by atoms with van der Waals surface area (Å²) in [6.07, 6.45) is 0. The molecular weight excluding hydrogens is 269 g/mol. The van der Waals surface area contributed by atoms with Crippen LogP contribution in [0.3, 0.4) is 0 Å². The van der Waals surface area contributed by atoms with Gasteiger partial charge < -0.3 is 10.5 Å². The summed E-state index contributed by atoms with van der Waals surface area (Å²) < 4.78 is 5.86. The van der Waals surface area contributed by atoms with E-state index >= 15 is 0 Å². The van der Waals surface area contributed by atoms with Gasteiger partial charge in [-0.3, -0.25) is 4.79 Å². The Bertz CT molecular complexity index is 331. The maximum Gasteiger partial charge on any atom is 0.176 e. The first-order valence-electron chi connectivity index (χ1n) is 3.76. The molecule has 0 atom stereocenters. The maximum atomic E-state index is 11.2. The summed E-state index contributed by atoms with van der Waals surface area (Å²) in [5, 5.41) is 0. The van der Waals surface area contributed by atoms with E-state index in [9.17, 15) is 4.79 Å². The third kappa shape index (κ3) is 2.97. The van der Waals surface area contributed by atoms with Crippen LogP contribution in [0.25, 0.3) is 0 Å². The van der Waals surface area contributed by atoms with Gasteiger partial charge in [-0.1, -0.05) is 0 Å². The third-order valence-corrected chi connectivity index (χ3v) is 2.31. The van der Waals surface area contributed by atoms with Crippen molar-refractivity contribution in [2.45, 2.75) is 0 Å². The fourth-order valence-corrected chi connectivity index (χ4v) is 1.36. The van der Waals surface area contributed by atoms with Gasteiger partial charge in [0.2, 0.25) is 0 Å². The molecule has 0 aliphatic rings. The van der Waals surface area contributed by atoms with E-state index in [2.05, 4.69) is 15.9 Å². The van der Waals surface area contributed by atoms with E-state index in [0.29, 0.717) is 11.3 Å². The van der Waals surface area contributed by atoms with E-state index in [0.717, 1.165) is 4.47 Å². The van der Waals surface area contributed by atoms with E-state index in [1.165, 1.54) is 0 Å². The number of nitrogens with two attached hydrogens (primary N) is 1. The molecule has 5 heteroatoms. The lowest BCUT2D eigenvalue weighted by Gasteiger charge is -2.04. The Kier molecular flexibility index (Phi) is 5.76. The minimum atomic E-state index is -0.0919. The van der Waals surface area contributed by atoms with Crippen LogP contribution in [0, 0.1) is 0 Å². The Balaban J connectivity index is 0.00000169. The second kappa shape index (κ2) is 6.01. The van der Waals surface area contributed by atoms with Gasteiger partial charge in [-0.15, -0.1) is 12.4 Å². The minimum Gasteiger partial charge on any atom is -0.496 e. The number of hydrogen-bond donors (Lipinski definition) is 1. The van der Waals surface area contributed by atoms with Crippen LogP contribution >= 0.6 is 28.3 Å². The van der Waals surface area contributed by atoms with Crippen molar-refractivity contribution in [2.24, 2.45) is 5.73 Å². The Morgan fingerprint density at radius 3 is 2.71 bits per heavy atom. The van der Waals surface area contributed by atoms with Crippen molar-refractivity contribution in [1.82, 2.24) is 0 Å². The molecule has 1 rings (SSSR count). The Labute approximate surface area is 97.2 Å². The largest absolute Gasteiger partial charge is 0.496 e. The number of ketones is 1. The highest BCUT2D eigenvalue weighted by atomic mass is 79.9. The zero-order chi connectivity index (χ0) is 9.84. The predicted octanol–water partition coefficient (Wildman–Crippen LogP) is 2.02. The van der Waals surface area contributed by atoms with Gasteiger partial charge in [0.05, 0.1) is 18.1 Å². The molecule has 0 saturated heterocycles. The highest BCUT2D eigenvalue weighted by Crippen LogP contribution is 2.25. The van der Waals surface area contributed by atoms with Gasteiger partial charge in [-0.25, -0.2) is 0 Å². The zero-order valence-electron chi connectivity index (χ0n) is 7.62. The molecule has 0 amide bonds. The lowest BCUT2D eigenvalue weighted by atomic mass is 10.1. The number of Topliss-reactive ketones (excluding diaryl/α,β-unsaturated/α-hetero) is 1. The summed E-state index contributed by atoms with van der Waals surface area (Å²) in [7, 11) is 1.55. The van der Waals surface area contributed by atoms with Crippen LogP contribution in [0.15, 0.2) is 22.7 Å². The average molecular weight is 281 g/mol. The van der Waals surface area contributed by atoms with E-state index in [4.69, 9.17) is 10.5 Å². The standard InChI is InChI=1S/C9H10BrNO2.ClH/c1-13-9-4-6(8(12)5-11)2-3-7(9)10;/h2-4H,5,11H2,1H3;1H. The van der Waals surface area contributed by atoms with Crippen molar-refractivity contribution in [3.8, 4) is 5.75 Å². The monoisotopic (exact) mass is 279 g/mol. The first-order chi connectivity index (χ1) is 6.19. The predicted molar refractivity (Wildman–Crippen MR) is 61.3 cm³/mol. The maximum absolute atomic E-state index is 11.2. The number of benzene rings is 1. The Morgan fingerprint density at radius 1 is 1.57 bits per heavy atom. The van der Waals surface area contributed by atoms with Crippen LogP contribution in [0.5, 0.6) is 5.75 Å². The van der Waals surface area contributed by atoms with E-state index in [-0.39, 0.29) is 24.7 Å². The minimum absolute atomic E-state index is 0. The number of carbonyl (C=O) groups is 1. The smallest absolute Gasteiger partial charge is 0.176 e. The zero-order valence-corrected chi connectivity index (χ0v) is 10.0. The molecule has 2 N–H and O–H groups in total. The number of hydrogen-bond acceptors (Lipinski definition) is 3. The molecule has 3 nitrogen and oxygen atoms in total. The molecule has 78 valence electrons. The van der Waals surface area contributed by atoms with Gasteiger partial charge in [0.15, 0.2) is 5.78 Å². The van der Waals surface area contributed by atoms with Crippen molar-refractivity contribution in [1.29, 1.82) is 0 Å². The molecule has 14 heavy (non-hydrogen) atoms. The van der Waals surface area contributed by atoms with Gasteiger partial charge in [0.1, 0.15) is 5.75 Å². The Morgan fingerprint density at radius 2 is 2.21 bits per heavy atom. The normalized spacial score (nSPS) is 9.07. The van der Waals surface area contributed by atoms with Gasteiger partial charge in [-0.2, -0.15) is 0 Å². The number of halogens is 2. The van der Waals surface area contributed by atoms with Crippen molar-refractivity contribution < 1.29 is 9.53 Å². The molecule has 0 saturated carbocycles. The molecule has 0 aliphatic carbocycles. The molecule has 1 aromatic carbocycles. The number of carbonyl (C=O) groups excluding carboxylic acids is 1. The molecule has 0 fully saturated rings. The lowest BCUT2D eigenvalue weighted by Crippen LogP contribution is -2.13.